The van der Waals surface area contributed by atoms with Crippen LogP contribution in [-0.4, -0.2) is 82.2 Å². The average Bonchev–Trinajstić information content (AvgIpc) is 3.33. The van der Waals surface area contributed by atoms with Gasteiger partial charge in [-0.25, -0.2) is 9.48 Å². The predicted molar refractivity (Wildman–Crippen MR) is 123 cm³/mol. The van der Waals surface area contributed by atoms with Crippen molar-refractivity contribution in [2.75, 3.05) is 45.8 Å². The van der Waals surface area contributed by atoms with E-state index in [0.29, 0.717) is 38.0 Å². The number of hydrogen-bond acceptors (Lipinski definition) is 4. The van der Waals surface area contributed by atoms with Crippen LogP contribution in [0.5, 0.6) is 0 Å². The van der Waals surface area contributed by atoms with E-state index in [-0.39, 0.29) is 11.9 Å². The van der Waals surface area contributed by atoms with Crippen LogP contribution in [-0.2, 0) is 11.3 Å². The smallest absolute Gasteiger partial charge is 0.317 e. The maximum Gasteiger partial charge on any atom is 0.317 e. The van der Waals surface area contributed by atoms with Crippen molar-refractivity contribution >= 4 is 11.9 Å². The number of aromatic nitrogens is 2. The summed E-state index contributed by atoms with van der Waals surface area (Å²) in [5.41, 5.74) is 2.00. The van der Waals surface area contributed by atoms with E-state index >= 15 is 0 Å². The third-order valence-electron chi connectivity index (χ3n) is 6.36. The van der Waals surface area contributed by atoms with Crippen LogP contribution in [0.15, 0.2) is 42.7 Å². The summed E-state index contributed by atoms with van der Waals surface area (Å²) in [6.07, 6.45) is 4.84. The normalized spacial score (nSPS) is 22.1. The summed E-state index contributed by atoms with van der Waals surface area (Å²) in [6.45, 7) is 9.84. The van der Waals surface area contributed by atoms with Gasteiger partial charge in [-0.05, 0) is 42.0 Å². The fraction of sp³-hybridized carbons (Fsp3) is 0.542. The standard InChI is InChI=1S/C24H34N6O2/c1-19-13-20(2)17-29(16-19)23(31)18-27-9-11-28(12-10-27)24(32)25-15-21-5-3-6-22(14-21)30-8-4-7-26-30/h3-8,14,19-20H,9-13,15-18H2,1-2H3,(H,25,32). The molecule has 3 heterocycles. The number of piperazine rings is 1. The average molecular weight is 439 g/mol. The van der Waals surface area contributed by atoms with E-state index in [9.17, 15) is 9.59 Å². The van der Waals surface area contributed by atoms with Gasteiger partial charge in [0.05, 0.1) is 12.2 Å². The van der Waals surface area contributed by atoms with Crippen molar-refractivity contribution in [3.8, 4) is 5.69 Å². The van der Waals surface area contributed by atoms with Gasteiger partial charge in [0.2, 0.25) is 5.91 Å². The number of benzene rings is 1. The SMILES string of the molecule is CC1CC(C)CN(C(=O)CN2CCN(C(=O)NCc3cccc(-n4cccn4)c3)CC2)C1. The van der Waals surface area contributed by atoms with E-state index in [1.807, 2.05) is 46.3 Å². The van der Waals surface area contributed by atoms with Crippen LogP contribution in [0.1, 0.15) is 25.8 Å². The minimum Gasteiger partial charge on any atom is -0.341 e. The molecule has 8 nitrogen and oxygen atoms in total. The molecule has 2 aliphatic rings. The summed E-state index contributed by atoms with van der Waals surface area (Å²) in [6, 6.07) is 9.81. The van der Waals surface area contributed by atoms with Gasteiger partial charge >= 0.3 is 6.03 Å². The fourth-order valence-electron chi connectivity index (χ4n) is 4.79. The first-order valence-corrected chi connectivity index (χ1v) is 11.6. The number of likely N-dealkylation sites (tertiary alicyclic amines) is 1. The molecule has 2 fully saturated rings. The van der Waals surface area contributed by atoms with Crippen LogP contribution < -0.4 is 5.32 Å². The zero-order valence-corrected chi connectivity index (χ0v) is 19.1. The summed E-state index contributed by atoms with van der Waals surface area (Å²) >= 11 is 0. The number of piperidine rings is 1. The molecule has 0 saturated carbocycles. The predicted octanol–water partition coefficient (Wildman–Crippen LogP) is 2.20. The van der Waals surface area contributed by atoms with Gasteiger partial charge in [0, 0.05) is 58.2 Å². The van der Waals surface area contributed by atoms with Crippen molar-refractivity contribution in [1.82, 2.24) is 29.8 Å². The molecule has 0 bridgehead atoms. The maximum absolute atomic E-state index is 12.7. The van der Waals surface area contributed by atoms with Crippen molar-refractivity contribution in [3.63, 3.8) is 0 Å². The Morgan fingerprint density at radius 1 is 1.03 bits per heavy atom. The van der Waals surface area contributed by atoms with Crippen molar-refractivity contribution in [2.45, 2.75) is 26.8 Å². The van der Waals surface area contributed by atoms with Crippen LogP contribution in [0, 0.1) is 11.8 Å². The number of carbonyl (C=O) groups excluding carboxylic acids is 2. The Morgan fingerprint density at radius 3 is 2.47 bits per heavy atom. The molecular weight excluding hydrogens is 404 g/mol. The van der Waals surface area contributed by atoms with Gasteiger partial charge in [-0.1, -0.05) is 26.0 Å². The van der Waals surface area contributed by atoms with Gasteiger partial charge in [0.1, 0.15) is 0 Å². The molecule has 1 aromatic carbocycles. The Balaban J connectivity index is 1.21. The fourth-order valence-corrected chi connectivity index (χ4v) is 4.79. The van der Waals surface area contributed by atoms with Crippen molar-refractivity contribution in [2.24, 2.45) is 11.8 Å². The zero-order chi connectivity index (χ0) is 22.5. The Labute approximate surface area is 190 Å². The van der Waals surface area contributed by atoms with E-state index < -0.39 is 0 Å². The number of hydrogen-bond donors (Lipinski definition) is 1. The highest BCUT2D eigenvalue weighted by atomic mass is 16.2. The highest BCUT2D eigenvalue weighted by Crippen LogP contribution is 2.21. The highest BCUT2D eigenvalue weighted by Gasteiger charge is 2.28. The third kappa shape index (κ3) is 5.68. The molecule has 8 heteroatoms. The van der Waals surface area contributed by atoms with Crippen molar-refractivity contribution in [1.29, 1.82) is 0 Å². The van der Waals surface area contributed by atoms with Gasteiger partial charge in [0.15, 0.2) is 0 Å². The summed E-state index contributed by atoms with van der Waals surface area (Å²) in [5.74, 6) is 1.37. The molecule has 172 valence electrons. The molecule has 2 aromatic rings. The molecule has 1 N–H and O–H groups in total. The first kappa shape index (κ1) is 22.3. The highest BCUT2D eigenvalue weighted by molar-refractivity contribution is 5.78. The van der Waals surface area contributed by atoms with Gasteiger partial charge < -0.3 is 15.1 Å². The molecule has 1 aromatic heterocycles. The lowest BCUT2D eigenvalue weighted by molar-refractivity contribution is -0.135. The molecule has 2 atom stereocenters. The van der Waals surface area contributed by atoms with Crippen molar-refractivity contribution < 1.29 is 9.59 Å². The Bertz CT molecular complexity index is 897. The first-order valence-electron chi connectivity index (χ1n) is 11.6. The van der Waals surface area contributed by atoms with Crippen LogP contribution in [0.4, 0.5) is 4.79 Å². The molecule has 3 amide bonds. The minimum atomic E-state index is -0.0563. The molecule has 2 aliphatic heterocycles. The van der Waals surface area contributed by atoms with E-state index in [1.54, 1.807) is 10.9 Å². The molecule has 0 aliphatic carbocycles. The Hall–Kier alpha value is -2.87. The Kier molecular flexibility index (Phi) is 7.09. The number of nitrogens with zero attached hydrogens (tertiary/aromatic N) is 5. The minimum absolute atomic E-state index is 0.0563. The third-order valence-corrected chi connectivity index (χ3v) is 6.36. The summed E-state index contributed by atoms with van der Waals surface area (Å²) < 4.78 is 1.80. The topological polar surface area (TPSA) is 73.7 Å². The van der Waals surface area contributed by atoms with Gasteiger partial charge in [0.25, 0.3) is 0 Å². The van der Waals surface area contributed by atoms with E-state index in [2.05, 4.69) is 29.2 Å². The lowest BCUT2D eigenvalue weighted by atomic mass is 9.92. The first-order chi connectivity index (χ1) is 15.5. The number of rotatable bonds is 5. The maximum atomic E-state index is 12.7. The number of urea groups is 1. The number of amides is 3. The van der Waals surface area contributed by atoms with E-state index in [0.717, 1.165) is 37.4 Å². The lowest BCUT2D eigenvalue weighted by Crippen LogP contribution is -2.54. The Morgan fingerprint density at radius 2 is 1.78 bits per heavy atom. The monoisotopic (exact) mass is 438 g/mol. The quantitative estimate of drug-likeness (QED) is 0.777. The largest absolute Gasteiger partial charge is 0.341 e. The van der Waals surface area contributed by atoms with Crippen LogP contribution in [0.3, 0.4) is 0 Å². The van der Waals surface area contributed by atoms with Gasteiger partial charge in [-0.15, -0.1) is 0 Å². The van der Waals surface area contributed by atoms with Crippen LogP contribution in [0.25, 0.3) is 5.69 Å². The zero-order valence-electron chi connectivity index (χ0n) is 19.1. The second kappa shape index (κ2) is 10.2. The lowest BCUT2D eigenvalue weighted by Gasteiger charge is -2.38. The summed E-state index contributed by atoms with van der Waals surface area (Å²) in [7, 11) is 0. The number of carbonyl (C=O) groups is 2. The molecule has 0 radical (unpaired) electrons. The molecule has 32 heavy (non-hydrogen) atoms. The summed E-state index contributed by atoms with van der Waals surface area (Å²) in [4.78, 5) is 31.4. The molecule has 4 rings (SSSR count). The molecule has 2 unspecified atom stereocenters. The van der Waals surface area contributed by atoms with Crippen molar-refractivity contribution in [3.05, 3.63) is 48.3 Å². The molecule has 2 saturated heterocycles. The van der Waals surface area contributed by atoms with E-state index in [1.165, 1.54) is 6.42 Å². The van der Waals surface area contributed by atoms with E-state index in [4.69, 9.17) is 0 Å². The van der Waals surface area contributed by atoms with Crippen LogP contribution >= 0.6 is 0 Å². The second-order valence-corrected chi connectivity index (χ2v) is 9.29. The van der Waals surface area contributed by atoms with Crippen LogP contribution in [0.2, 0.25) is 0 Å². The van der Waals surface area contributed by atoms with Gasteiger partial charge in [-0.2, -0.15) is 5.10 Å². The van der Waals surface area contributed by atoms with Gasteiger partial charge in [-0.3, -0.25) is 9.69 Å². The summed E-state index contributed by atoms with van der Waals surface area (Å²) in [5, 5.41) is 7.27. The number of nitrogens with one attached hydrogen (secondary N) is 1. The molecule has 0 spiro atoms. The molecular formula is C24H34N6O2. The second-order valence-electron chi connectivity index (χ2n) is 9.29.